The fourth-order valence-electron chi connectivity index (χ4n) is 2.47. The number of nitrogens with two attached hydrogens (primary N) is 1. The SMILES string of the molecule is C=C(C)C(=O)OCCNc1ccc(N=C(N)NC(=O)c2ccccc2)c2nonc12. The summed E-state index contributed by atoms with van der Waals surface area (Å²) in [4.78, 5) is 27.8. The van der Waals surface area contributed by atoms with Crippen molar-refractivity contribution in [2.45, 2.75) is 6.92 Å². The van der Waals surface area contributed by atoms with Crippen LogP contribution >= 0.6 is 0 Å². The van der Waals surface area contributed by atoms with E-state index in [1.807, 2.05) is 6.07 Å². The molecule has 30 heavy (non-hydrogen) atoms. The Balaban J connectivity index is 1.69. The van der Waals surface area contributed by atoms with Crippen molar-refractivity contribution < 1.29 is 19.0 Å². The Bertz CT molecular complexity index is 1110. The van der Waals surface area contributed by atoms with Crippen LogP contribution in [0, 0.1) is 0 Å². The third kappa shape index (κ3) is 4.98. The molecule has 0 fully saturated rings. The molecule has 0 saturated carbocycles. The van der Waals surface area contributed by atoms with E-state index < -0.39 is 5.97 Å². The number of fused-ring (bicyclic) bond motifs is 1. The number of aromatic nitrogens is 2. The van der Waals surface area contributed by atoms with Crippen LogP contribution in [0.2, 0.25) is 0 Å². The van der Waals surface area contributed by atoms with E-state index in [2.05, 4.69) is 32.5 Å². The Labute approximate surface area is 171 Å². The quantitative estimate of drug-likeness (QED) is 0.177. The maximum absolute atomic E-state index is 12.2. The maximum atomic E-state index is 12.2. The first-order valence-corrected chi connectivity index (χ1v) is 8.98. The summed E-state index contributed by atoms with van der Waals surface area (Å²) >= 11 is 0. The van der Waals surface area contributed by atoms with Crippen molar-refractivity contribution in [3.8, 4) is 0 Å². The molecule has 10 heteroatoms. The zero-order chi connectivity index (χ0) is 21.5. The highest BCUT2D eigenvalue weighted by atomic mass is 16.6. The maximum Gasteiger partial charge on any atom is 0.333 e. The van der Waals surface area contributed by atoms with Crippen molar-refractivity contribution in [3.63, 3.8) is 0 Å². The van der Waals surface area contributed by atoms with Gasteiger partial charge in [0.05, 0.1) is 11.4 Å². The van der Waals surface area contributed by atoms with E-state index in [1.165, 1.54) is 0 Å². The van der Waals surface area contributed by atoms with Crippen LogP contribution in [-0.2, 0) is 9.53 Å². The van der Waals surface area contributed by atoms with Gasteiger partial charge >= 0.3 is 5.97 Å². The molecule has 1 amide bonds. The number of rotatable bonds is 7. The van der Waals surface area contributed by atoms with Gasteiger partial charge in [0.1, 0.15) is 6.61 Å². The molecule has 1 heterocycles. The van der Waals surface area contributed by atoms with Gasteiger partial charge in [0.25, 0.3) is 5.91 Å². The molecule has 2 aromatic carbocycles. The highest BCUT2D eigenvalue weighted by molar-refractivity contribution is 6.06. The molecule has 4 N–H and O–H groups in total. The number of benzene rings is 2. The summed E-state index contributed by atoms with van der Waals surface area (Å²) in [5.74, 6) is -0.933. The first-order chi connectivity index (χ1) is 14.5. The number of guanidine groups is 1. The van der Waals surface area contributed by atoms with Gasteiger partial charge in [0.2, 0.25) is 5.96 Å². The second-order valence-electron chi connectivity index (χ2n) is 6.25. The number of carbonyl (C=O) groups is 2. The molecule has 10 nitrogen and oxygen atoms in total. The number of hydrogen-bond acceptors (Lipinski definition) is 8. The topological polar surface area (TPSA) is 145 Å². The summed E-state index contributed by atoms with van der Waals surface area (Å²) in [5, 5.41) is 13.3. The molecule has 0 aliphatic heterocycles. The van der Waals surface area contributed by atoms with Crippen LogP contribution in [0.3, 0.4) is 0 Å². The molecule has 0 aliphatic rings. The number of ether oxygens (including phenoxy) is 1. The van der Waals surface area contributed by atoms with Gasteiger partial charge in [-0.2, -0.15) is 0 Å². The number of nitrogens with zero attached hydrogens (tertiary/aromatic N) is 3. The Hall–Kier alpha value is -4.21. The average Bonchev–Trinajstić information content (AvgIpc) is 3.23. The summed E-state index contributed by atoms with van der Waals surface area (Å²) in [6, 6.07) is 12.0. The number of nitrogens with one attached hydrogen (secondary N) is 2. The van der Waals surface area contributed by atoms with Crippen molar-refractivity contribution in [3.05, 3.63) is 60.2 Å². The number of hydrogen-bond donors (Lipinski definition) is 3. The Kier molecular flexibility index (Phi) is 6.38. The van der Waals surface area contributed by atoms with Gasteiger partial charge in [-0.05, 0) is 41.5 Å². The third-order valence-corrected chi connectivity index (χ3v) is 3.91. The van der Waals surface area contributed by atoms with E-state index in [0.717, 1.165) is 0 Å². The summed E-state index contributed by atoms with van der Waals surface area (Å²) in [6.07, 6.45) is 0. The van der Waals surface area contributed by atoms with Gasteiger partial charge in [0.15, 0.2) is 11.0 Å². The van der Waals surface area contributed by atoms with Crippen LogP contribution < -0.4 is 16.4 Å². The normalized spacial score (nSPS) is 11.2. The number of aliphatic imine (C=N–C) groups is 1. The zero-order valence-corrected chi connectivity index (χ0v) is 16.2. The van der Waals surface area contributed by atoms with Crippen LogP contribution in [0.25, 0.3) is 11.0 Å². The first-order valence-electron chi connectivity index (χ1n) is 8.98. The molecule has 0 unspecified atom stereocenters. The van der Waals surface area contributed by atoms with Crippen LogP contribution in [0.15, 0.2) is 64.2 Å². The fraction of sp³-hybridized carbons (Fsp3) is 0.150. The van der Waals surface area contributed by atoms with Gasteiger partial charge in [-0.3, -0.25) is 10.1 Å². The molecule has 0 saturated heterocycles. The molecule has 3 rings (SSSR count). The monoisotopic (exact) mass is 408 g/mol. The molecule has 0 radical (unpaired) electrons. The van der Waals surface area contributed by atoms with E-state index in [-0.39, 0.29) is 18.5 Å². The Morgan fingerprint density at radius 2 is 1.90 bits per heavy atom. The minimum absolute atomic E-state index is 0.0967. The van der Waals surface area contributed by atoms with Gasteiger partial charge in [0, 0.05) is 17.7 Å². The third-order valence-electron chi connectivity index (χ3n) is 3.91. The Morgan fingerprint density at radius 1 is 1.17 bits per heavy atom. The van der Waals surface area contributed by atoms with Crippen molar-refractivity contribution in [1.82, 2.24) is 15.6 Å². The highest BCUT2D eigenvalue weighted by Crippen LogP contribution is 2.29. The number of amides is 1. The lowest BCUT2D eigenvalue weighted by Crippen LogP contribution is -2.36. The van der Waals surface area contributed by atoms with Gasteiger partial charge in [-0.15, -0.1) is 0 Å². The van der Waals surface area contributed by atoms with E-state index in [1.54, 1.807) is 43.3 Å². The minimum Gasteiger partial charge on any atom is -0.460 e. The van der Waals surface area contributed by atoms with Crippen LogP contribution in [0.4, 0.5) is 11.4 Å². The molecule has 0 bridgehead atoms. The second kappa shape index (κ2) is 9.32. The van der Waals surface area contributed by atoms with E-state index in [9.17, 15) is 9.59 Å². The average molecular weight is 408 g/mol. The van der Waals surface area contributed by atoms with E-state index in [4.69, 9.17) is 15.1 Å². The number of carbonyl (C=O) groups excluding carboxylic acids is 2. The minimum atomic E-state index is -0.456. The van der Waals surface area contributed by atoms with Gasteiger partial charge < -0.3 is 15.8 Å². The summed E-state index contributed by atoms with van der Waals surface area (Å²) < 4.78 is 9.85. The Morgan fingerprint density at radius 3 is 2.63 bits per heavy atom. The number of esters is 1. The molecule has 1 aromatic heterocycles. The summed E-state index contributed by atoms with van der Waals surface area (Å²) in [6.45, 7) is 5.59. The lowest BCUT2D eigenvalue weighted by molar-refractivity contribution is -0.138. The molecule has 3 aromatic rings. The lowest BCUT2D eigenvalue weighted by atomic mass is 10.2. The van der Waals surface area contributed by atoms with Crippen LogP contribution in [0.5, 0.6) is 0 Å². The second-order valence-corrected chi connectivity index (χ2v) is 6.25. The van der Waals surface area contributed by atoms with Gasteiger partial charge in [-0.25, -0.2) is 14.4 Å². The predicted molar refractivity (Wildman–Crippen MR) is 111 cm³/mol. The van der Waals surface area contributed by atoms with Crippen LogP contribution in [0.1, 0.15) is 17.3 Å². The lowest BCUT2D eigenvalue weighted by Gasteiger charge is -2.08. The smallest absolute Gasteiger partial charge is 0.333 e. The molecule has 0 aliphatic carbocycles. The number of anilines is 1. The molecule has 154 valence electrons. The predicted octanol–water partition coefficient (Wildman–Crippen LogP) is 2.13. The van der Waals surface area contributed by atoms with E-state index >= 15 is 0 Å². The molecular weight excluding hydrogens is 388 g/mol. The molecule has 0 spiro atoms. The van der Waals surface area contributed by atoms with Crippen molar-refractivity contribution in [1.29, 1.82) is 0 Å². The zero-order valence-electron chi connectivity index (χ0n) is 16.2. The van der Waals surface area contributed by atoms with Crippen molar-refractivity contribution >= 4 is 40.2 Å². The summed E-state index contributed by atoms with van der Waals surface area (Å²) in [5.41, 5.74) is 8.41. The highest BCUT2D eigenvalue weighted by Gasteiger charge is 2.13. The molecule has 0 atom stereocenters. The van der Waals surface area contributed by atoms with E-state index in [0.29, 0.717) is 40.1 Å². The summed E-state index contributed by atoms with van der Waals surface area (Å²) in [7, 11) is 0. The van der Waals surface area contributed by atoms with Gasteiger partial charge in [-0.1, -0.05) is 24.8 Å². The van der Waals surface area contributed by atoms with Crippen LogP contribution in [-0.4, -0.2) is 41.3 Å². The van der Waals surface area contributed by atoms with Crippen molar-refractivity contribution in [2.75, 3.05) is 18.5 Å². The standard InChI is InChI=1S/C20H20N6O4/c1-12(2)19(28)29-11-10-22-14-8-9-15(17-16(14)25-30-26-17)23-20(21)24-18(27)13-6-4-3-5-7-13/h3-9,22H,1,10-11H2,2H3,(H3,21,23,24,27). The van der Waals surface area contributed by atoms with Crippen molar-refractivity contribution in [2.24, 2.45) is 10.7 Å². The molecular formula is C20H20N6O4. The fourth-order valence-corrected chi connectivity index (χ4v) is 2.47. The largest absolute Gasteiger partial charge is 0.460 e. The first kappa shape index (κ1) is 20.5.